The molecule has 0 fully saturated rings. The van der Waals surface area contributed by atoms with E-state index in [9.17, 15) is 4.39 Å². The number of halogens is 1. The number of hydrogen-bond acceptors (Lipinski definition) is 2. The summed E-state index contributed by atoms with van der Waals surface area (Å²) in [5, 5.41) is 0. The Balaban J connectivity index is 2.31. The van der Waals surface area contributed by atoms with Gasteiger partial charge >= 0.3 is 0 Å². The molecule has 0 amide bonds. The molecule has 2 aromatic rings. The molecule has 0 bridgehead atoms. The molecule has 0 aliphatic carbocycles. The molecule has 94 valence electrons. The van der Waals surface area contributed by atoms with Crippen molar-refractivity contribution in [2.75, 3.05) is 0 Å². The SMILES string of the molecule is Cc1ccc(Sc2ccc(F)cc2C(C)N)cc1. The summed E-state index contributed by atoms with van der Waals surface area (Å²) in [6, 6.07) is 12.9. The van der Waals surface area contributed by atoms with E-state index in [1.54, 1.807) is 17.8 Å². The van der Waals surface area contributed by atoms with Gasteiger partial charge in [-0.1, -0.05) is 29.5 Å². The van der Waals surface area contributed by atoms with E-state index in [2.05, 4.69) is 31.2 Å². The minimum atomic E-state index is -0.240. The average molecular weight is 261 g/mol. The van der Waals surface area contributed by atoms with Crippen molar-refractivity contribution in [1.82, 2.24) is 0 Å². The largest absolute Gasteiger partial charge is 0.324 e. The van der Waals surface area contributed by atoms with Crippen LogP contribution in [0.2, 0.25) is 0 Å². The highest BCUT2D eigenvalue weighted by molar-refractivity contribution is 7.99. The van der Waals surface area contributed by atoms with Crippen LogP contribution in [0, 0.1) is 12.7 Å². The third-order valence-electron chi connectivity index (χ3n) is 2.71. The van der Waals surface area contributed by atoms with Gasteiger partial charge in [0.15, 0.2) is 0 Å². The lowest BCUT2D eigenvalue weighted by atomic mass is 10.1. The molecular weight excluding hydrogens is 245 g/mol. The quantitative estimate of drug-likeness (QED) is 0.891. The van der Waals surface area contributed by atoms with Crippen molar-refractivity contribution in [3.05, 3.63) is 59.4 Å². The van der Waals surface area contributed by atoms with E-state index in [4.69, 9.17) is 5.73 Å². The molecule has 18 heavy (non-hydrogen) atoms. The summed E-state index contributed by atoms with van der Waals surface area (Å²) in [5.41, 5.74) is 7.96. The molecule has 0 saturated heterocycles. The number of nitrogens with two attached hydrogens (primary N) is 1. The molecule has 0 aromatic heterocycles. The molecule has 1 unspecified atom stereocenters. The van der Waals surface area contributed by atoms with E-state index >= 15 is 0 Å². The lowest BCUT2D eigenvalue weighted by molar-refractivity contribution is 0.619. The summed E-state index contributed by atoms with van der Waals surface area (Å²) in [6.45, 7) is 3.92. The van der Waals surface area contributed by atoms with E-state index in [0.29, 0.717) is 0 Å². The first-order valence-corrected chi connectivity index (χ1v) is 6.67. The Morgan fingerprint density at radius 2 is 1.78 bits per heavy atom. The van der Waals surface area contributed by atoms with E-state index in [1.807, 2.05) is 6.92 Å². The molecule has 3 heteroatoms. The molecule has 2 aromatic carbocycles. The van der Waals surface area contributed by atoms with Gasteiger partial charge in [-0.3, -0.25) is 0 Å². The maximum atomic E-state index is 13.2. The van der Waals surface area contributed by atoms with Gasteiger partial charge in [-0.25, -0.2) is 4.39 Å². The summed E-state index contributed by atoms with van der Waals surface area (Å²) in [6.07, 6.45) is 0. The topological polar surface area (TPSA) is 26.0 Å². The fraction of sp³-hybridized carbons (Fsp3) is 0.200. The Hall–Kier alpha value is -1.32. The van der Waals surface area contributed by atoms with Gasteiger partial charge in [0.25, 0.3) is 0 Å². The lowest BCUT2D eigenvalue weighted by Gasteiger charge is -2.12. The first kappa shape index (κ1) is 13.1. The highest BCUT2D eigenvalue weighted by Crippen LogP contribution is 2.33. The van der Waals surface area contributed by atoms with Gasteiger partial charge in [0.2, 0.25) is 0 Å². The van der Waals surface area contributed by atoms with E-state index in [1.165, 1.54) is 17.7 Å². The predicted molar refractivity (Wildman–Crippen MR) is 74.3 cm³/mol. The fourth-order valence-electron chi connectivity index (χ4n) is 1.70. The van der Waals surface area contributed by atoms with Crippen LogP contribution in [0.25, 0.3) is 0 Å². The molecule has 0 aliphatic heterocycles. The maximum absolute atomic E-state index is 13.2. The Morgan fingerprint density at radius 3 is 2.39 bits per heavy atom. The first-order chi connectivity index (χ1) is 8.56. The van der Waals surface area contributed by atoms with E-state index in [0.717, 1.165) is 15.4 Å². The predicted octanol–water partition coefficient (Wildman–Crippen LogP) is 4.31. The molecule has 2 rings (SSSR count). The number of rotatable bonds is 3. The summed E-state index contributed by atoms with van der Waals surface area (Å²) in [5.74, 6) is -0.240. The Bertz CT molecular complexity index is 535. The summed E-state index contributed by atoms with van der Waals surface area (Å²) in [4.78, 5) is 2.14. The van der Waals surface area contributed by atoms with Crippen molar-refractivity contribution in [2.45, 2.75) is 29.7 Å². The second-order valence-corrected chi connectivity index (χ2v) is 5.50. The Labute approximate surface area is 111 Å². The number of benzene rings is 2. The van der Waals surface area contributed by atoms with Crippen LogP contribution < -0.4 is 5.73 Å². The van der Waals surface area contributed by atoms with Crippen LogP contribution in [0.5, 0.6) is 0 Å². The van der Waals surface area contributed by atoms with Crippen LogP contribution in [0.3, 0.4) is 0 Å². The first-order valence-electron chi connectivity index (χ1n) is 5.86. The normalized spacial score (nSPS) is 12.4. The van der Waals surface area contributed by atoms with Crippen molar-refractivity contribution >= 4 is 11.8 Å². The van der Waals surface area contributed by atoms with Gasteiger partial charge in [-0.15, -0.1) is 0 Å². The standard InChI is InChI=1S/C15H16FNS/c1-10-3-6-13(7-4-10)18-15-8-5-12(16)9-14(15)11(2)17/h3-9,11H,17H2,1-2H3. The van der Waals surface area contributed by atoms with Crippen molar-refractivity contribution < 1.29 is 4.39 Å². The van der Waals surface area contributed by atoms with Crippen molar-refractivity contribution in [3.63, 3.8) is 0 Å². The highest BCUT2D eigenvalue weighted by atomic mass is 32.2. The molecular formula is C15H16FNS. The second-order valence-electron chi connectivity index (χ2n) is 4.39. The van der Waals surface area contributed by atoms with Gasteiger partial charge in [0.1, 0.15) is 5.82 Å². The molecule has 1 atom stereocenters. The molecule has 1 nitrogen and oxygen atoms in total. The zero-order chi connectivity index (χ0) is 13.1. The van der Waals surface area contributed by atoms with Crippen LogP contribution >= 0.6 is 11.8 Å². The van der Waals surface area contributed by atoms with Crippen LogP contribution in [0.1, 0.15) is 24.1 Å². The van der Waals surface area contributed by atoms with Gasteiger partial charge < -0.3 is 5.73 Å². The molecule has 0 radical (unpaired) electrons. The van der Waals surface area contributed by atoms with Crippen LogP contribution in [0.4, 0.5) is 4.39 Å². The van der Waals surface area contributed by atoms with Crippen molar-refractivity contribution in [2.24, 2.45) is 5.73 Å². The number of hydrogen-bond donors (Lipinski definition) is 1. The summed E-state index contributed by atoms with van der Waals surface area (Å²) < 4.78 is 13.2. The van der Waals surface area contributed by atoms with Crippen molar-refractivity contribution in [3.8, 4) is 0 Å². The third-order valence-corrected chi connectivity index (χ3v) is 3.81. The molecule has 2 N–H and O–H groups in total. The third kappa shape index (κ3) is 3.12. The maximum Gasteiger partial charge on any atom is 0.123 e. The van der Waals surface area contributed by atoms with Gasteiger partial charge in [0, 0.05) is 15.8 Å². The van der Waals surface area contributed by atoms with E-state index < -0.39 is 0 Å². The average Bonchev–Trinajstić information content (AvgIpc) is 2.34. The van der Waals surface area contributed by atoms with Crippen LogP contribution in [-0.2, 0) is 0 Å². The van der Waals surface area contributed by atoms with E-state index in [-0.39, 0.29) is 11.9 Å². The highest BCUT2D eigenvalue weighted by Gasteiger charge is 2.09. The zero-order valence-corrected chi connectivity index (χ0v) is 11.3. The smallest absolute Gasteiger partial charge is 0.123 e. The molecule has 0 heterocycles. The Kier molecular flexibility index (Phi) is 4.04. The number of aryl methyl sites for hydroxylation is 1. The monoisotopic (exact) mass is 261 g/mol. The molecule has 0 aliphatic rings. The summed E-state index contributed by atoms with van der Waals surface area (Å²) >= 11 is 1.61. The minimum Gasteiger partial charge on any atom is -0.324 e. The van der Waals surface area contributed by atoms with Gasteiger partial charge in [-0.2, -0.15) is 0 Å². The Morgan fingerprint density at radius 1 is 1.11 bits per heavy atom. The minimum absolute atomic E-state index is 0.173. The second kappa shape index (κ2) is 5.55. The summed E-state index contributed by atoms with van der Waals surface area (Å²) in [7, 11) is 0. The van der Waals surface area contributed by atoms with Gasteiger partial charge in [0.05, 0.1) is 0 Å². The van der Waals surface area contributed by atoms with Crippen LogP contribution in [-0.4, -0.2) is 0 Å². The van der Waals surface area contributed by atoms with Crippen molar-refractivity contribution in [1.29, 1.82) is 0 Å². The molecule has 0 spiro atoms. The van der Waals surface area contributed by atoms with Gasteiger partial charge in [-0.05, 0) is 49.7 Å². The van der Waals surface area contributed by atoms with Crippen LogP contribution in [0.15, 0.2) is 52.3 Å². The fourth-order valence-corrected chi connectivity index (χ4v) is 2.73. The molecule has 0 saturated carbocycles. The zero-order valence-electron chi connectivity index (χ0n) is 10.5. The lowest BCUT2D eigenvalue weighted by Crippen LogP contribution is -2.06.